The Morgan fingerprint density at radius 3 is 2.76 bits per heavy atom. The zero-order chi connectivity index (χ0) is 15.0. The molecule has 2 heterocycles. The highest BCUT2D eigenvalue weighted by atomic mass is 16.4. The molecule has 0 bridgehead atoms. The third-order valence-electron chi connectivity index (χ3n) is 3.61. The normalized spacial score (nSPS) is 17.1. The minimum absolute atomic E-state index is 0.106. The molecule has 0 radical (unpaired) electrons. The van der Waals surface area contributed by atoms with E-state index in [9.17, 15) is 4.79 Å². The van der Waals surface area contributed by atoms with Crippen molar-refractivity contribution in [3.63, 3.8) is 0 Å². The van der Waals surface area contributed by atoms with E-state index in [-0.39, 0.29) is 12.5 Å². The molecule has 21 heavy (non-hydrogen) atoms. The number of fused-ring (bicyclic) bond motifs is 1. The van der Waals surface area contributed by atoms with Crippen molar-refractivity contribution < 1.29 is 9.90 Å². The predicted octanol–water partition coefficient (Wildman–Crippen LogP) is 1.93. The number of carbonyl (C=O) groups is 1. The maximum absolute atomic E-state index is 10.8. The van der Waals surface area contributed by atoms with Crippen LogP contribution in [0.25, 0.3) is 0 Å². The largest absolute Gasteiger partial charge is 0.481 e. The summed E-state index contributed by atoms with van der Waals surface area (Å²) in [5.41, 5.74) is 3.63. The molecule has 1 aromatic heterocycles. The predicted molar refractivity (Wildman–Crippen MR) is 78.5 cm³/mol. The van der Waals surface area contributed by atoms with Crippen molar-refractivity contribution in [2.75, 3.05) is 11.9 Å². The molecule has 0 amide bonds. The van der Waals surface area contributed by atoms with Gasteiger partial charge in [-0.05, 0) is 25.8 Å². The van der Waals surface area contributed by atoms with Crippen LogP contribution in [0.15, 0.2) is 18.2 Å². The standard InChI is InChI=1S/C15H18N4O2/c1-9-5-10(2)7-11(6-9)12-3-4-16-15-17-13(8-14(20)21)18-19(12)15/h5-7,12H,3-4,8H2,1-2H3,(H,20,21)(H,16,17,18). The van der Waals surface area contributed by atoms with E-state index in [4.69, 9.17) is 5.11 Å². The molecule has 0 saturated carbocycles. The first-order valence-corrected chi connectivity index (χ1v) is 7.02. The van der Waals surface area contributed by atoms with E-state index in [0.29, 0.717) is 11.8 Å². The number of benzene rings is 1. The van der Waals surface area contributed by atoms with Crippen LogP contribution in [-0.4, -0.2) is 32.4 Å². The van der Waals surface area contributed by atoms with Crippen LogP contribution in [0, 0.1) is 13.8 Å². The van der Waals surface area contributed by atoms with Gasteiger partial charge in [-0.3, -0.25) is 4.79 Å². The quantitative estimate of drug-likeness (QED) is 0.901. The van der Waals surface area contributed by atoms with Crippen LogP contribution in [0.5, 0.6) is 0 Å². The molecule has 0 fully saturated rings. The lowest BCUT2D eigenvalue weighted by atomic mass is 9.98. The number of aliphatic carboxylic acids is 1. The van der Waals surface area contributed by atoms with Gasteiger partial charge in [-0.1, -0.05) is 29.3 Å². The van der Waals surface area contributed by atoms with Gasteiger partial charge in [0.05, 0.1) is 6.04 Å². The number of nitrogens with one attached hydrogen (secondary N) is 1. The smallest absolute Gasteiger partial charge is 0.311 e. The molecule has 6 nitrogen and oxygen atoms in total. The van der Waals surface area contributed by atoms with Crippen molar-refractivity contribution in [1.29, 1.82) is 0 Å². The minimum atomic E-state index is -0.916. The zero-order valence-electron chi connectivity index (χ0n) is 12.1. The Balaban J connectivity index is 1.99. The number of aryl methyl sites for hydroxylation is 2. The number of carboxylic acids is 1. The van der Waals surface area contributed by atoms with Crippen LogP contribution in [0.4, 0.5) is 5.95 Å². The number of rotatable bonds is 3. The van der Waals surface area contributed by atoms with E-state index in [0.717, 1.165) is 13.0 Å². The summed E-state index contributed by atoms with van der Waals surface area (Å²) >= 11 is 0. The fourth-order valence-electron chi connectivity index (χ4n) is 2.87. The summed E-state index contributed by atoms with van der Waals surface area (Å²) in [4.78, 5) is 15.1. The first kappa shape index (κ1) is 13.6. The lowest BCUT2D eigenvalue weighted by Gasteiger charge is -2.25. The van der Waals surface area contributed by atoms with Crippen LogP contribution < -0.4 is 5.32 Å². The van der Waals surface area contributed by atoms with Crippen LogP contribution >= 0.6 is 0 Å². The molecular formula is C15H18N4O2. The summed E-state index contributed by atoms with van der Waals surface area (Å²) in [7, 11) is 0. The number of anilines is 1. The van der Waals surface area contributed by atoms with Gasteiger partial charge in [-0.15, -0.1) is 0 Å². The Hall–Kier alpha value is -2.37. The Morgan fingerprint density at radius 2 is 2.10 bits per heavy atom. The van der Waals surface area contributed by atoms with Crippen molar-refractivity contribution in [3.05, 3.63) is 40.7 Å². The second-order valence-electron chi connectivity index (χ2n) is 5.52. The molecule has 3 rings (SSSR count). The molecule has 0 aliphatic carbocycles. The molecular weight excluding hydrogens is 268 g/mol. The summed E-state index contributed by atoms with van der Waals surface area (Å²) < 4.78 is 1.82. The van der Waals surface area contributed by atoms with Crippen LogP contribution in [0.1, 0.15) is 35.0 Å². The van der Waals surface area contributed by atoms with Crippen molar-refractivity contribution in [2.45, 2.75) is 32.7 Å². The maximum atomic E-state index is 10.8. The summed E-state index contributed by atoms with van der Waals surface area (Å²) in [6.45, 7) is 4.97. The third kappa shape index (κ3) is 2.74. The fourth-order valence-corrected chi connectivity index (χ4v) is 2.87. The number of aromatic nitrogens is 3. The lowest BCUT2D eigenvalue weighted by molar-refractivity contribution is -0.136. The Kier molecular flexibility index (Phi) is 3.37. The summed E-state index contributed by atoms with van der Waals surface area (Å²) in [5, 5.41) is 16.4. The molecule has 6 heteroatoms. The maximum Gasteiger partial charge on any atom is 0.311 e. The molecule has 1 aromatic carbocycles. The average Bonchev–Trinajstić information content (AvgIpc) is 2.78. The molecule has 2 aromatic rings. The van der Waals surface area contributed by atoms with Gasteiger partial charge < -0.3 is 10.4 Å². The van der Waals surface area contributed by atoms with Gasteiger partial charge in [-0.2, -0.15) is 10.1 Å². The Morgan fingerprint density at radius 1 is 1.38 bits per heavy atom. The van der Waals surface area contributed by atoms with Gasteiger partial charge in [0.2, 0.25) is 5.95 Å². The van der Waals surface area contributed by atoms with E-state index in [2.05, 4.69) is 47.4 Å². The molecule has 0 saturated heterocycles. The van der Waals surface area contributed by atoms with E-state index < -0.39 is 5.97 Å². The highest BCUT2D eigenvalue weighted by Crippen LogP contribution is 2.29. The highest BCUT2D eigenvalue weighted by Gasteiger charge is 2.25. The van der Waals surface area contributed by atoms with Gasteiger partial charge in [-0.25, -0.2) is 4.68 Å². The zero-order valence-corrected chi connectivity index (χ0v) is 12.1. The molecule has 1 aliphatic heterocycles. The number of hydrogen-bond donors (Lipinski definition) is 2. The molecule has 2 N–H and O–H groups in total. The van der Waals surface area contributed by atoms with Gasteiger partial charge in [0.25, 0.3) is 0 Å². The average molecular weight is 286 g/mol. The molecule has 0 spiro atoms. The fraction of sp³-hybridized carbons (Fsp3) is 0.400. The number of hydrogen-bond acceptors (Lipinski definition) is 4. The van der Waals surface area contributed by atoms with Crippen molar-refractivity contribution in [1.82, 2.24) is 14.8 Å². The van der Waals surface area contributed by atoms with Crippen LogP contribution in [0.2, 0.25) is 0 Å². The third-order valence-corrected chi connectivity index (χ3v) is 3.61. The number of nitrogens with zero attached hydrogens (tertiary/aromatic N) is 3. The molecule has 110 valence electrons. The van der Waals surface area contributed by atoms with E-state index in [1.807, 2.05) is 4.68 Å². The summed E-state index contributed by atoms with van der Waals surface area (Å²) in [6.07, 6.45) is 0.757. The van der Waals surface area contributed by atoms with Crippen molar-refractivity contribution in [3.8, 4) is 0 Å². The monoisotopic (exact) mass is 286 g/mol. The summed E-state index contributed by atoms with van der Waals surface area (Å²) in [5.74, 6) is 0.0869. The topological polar surface area (TPSA) is 80.0 Å². The van der Waals surface area contributed by atoms with Gasteiger partial charge >= 0.3 is 5.97 Å². The molecule has 1 unspecified atom stereocenters. The second kappa shape index (κ2) is 5.20. The van der Waals surface area contributed by atoms with Crippen LogP contribution in [-0.2, 0) is 11.2 Å². The summed E-state index contributed by atoms with van der Waals surface area (Å²) in [6, 6.07) is 6.56. The Labute approximate surface area is 122 Å². The highest BCUT2D eigenvalue weighted by molar-refractivity contribution is 5.69. The van der Waals surface area contributed by atoms with E-state index >= 15 is 0 Å². The van der Waals surface area contributed by atoms with E-state index in [1.165, 1.54) is 16.7 Å². The lowest BCUT2D eigenvalue weighted by Crippen LogP contribution is -2.24. The first-order chi connectivity index (χ1) is 10.0. The van der Waals surface area contributed by atoms with Crippen LogP contribution in [0.3, 0.4) is 0 Å². The minimum Gasteiger partial charge on any atom is -0.481 e. The van der Waals surface area contributed by atoms with Crippen molar-refractivity contribution >= 4 is 11.9 Å². The van der Waals surface area contributed by atoms with Gasteiger partial charge in [0.15, 0.2) is 5.82 Å². The molecule has 1 aliphatic rings. The van der Waals surface area contributed by atoms with Gasteiger partial charge in [0.1, 0.15) is 6.42 Å². The van der Waals surface area contributed by atoms with Gasteiger partial charge in [0, 0.05) is 6.54 Å². The SMILES string of the molecule is Cc1cc(C)cc(C2CCNc3nc(CC(=O)O)nn32)c1. The van der Waals surface area contributed by atoms with Crippen molar-refractivity contribution in [2.24, 2.45) is 0 Å². The second-order valence-corrected chi connectivity index (χ2v) is 5.52. The van der Waals surface area contributed by atoms with E-state index in [1.54, 1.807) is 0 Å². The first-order valence-electron chi connectivity index (χ1n) is 7.02. The number of carboxylic acid groups (broad SMARTS) is 1. The Bertz CT molecular complexity index is 673. The molecule has 1 atom stereocenters.